The highest BCUT2D eigenvalue weighted by Gasteiger charge is 2.60. The number of nitriles is 2. The summed E-state index contributed by atoms with van der Waals surface area (Å²) >= 11 is 0. The number of fused-ring (bicyclic) bond motifs is 2. The van der Waals surface area contributed by atoms with Crippen LogP contribution >= 0.6 is 0 Å². The van der Waals surface area contributed by atoms with Crippen molar-refractivity contribution < 1.29 is 17.9 Å². The zero-order chi connectivity index (χ0) is 51.4. The van der Waals surface area contributed by atoms with Gasteiger partial charge in [0.15, 0.2) is 0 Å². The molecule has 4 bridgehead atoms. The average molecular weight is 1040 g/mol. The van der Waals surface area contributed by atoms with E-state index < -0.39 is 27.2 Å². The summed E-state index contributed by atoms with van der Waals surface area (Å²) in [5.41, 5.74) is 7.23. The minimum absolute atomic E-state index is 0. The quantitative estimate of drug-likeness (QED) is 0.210. The first-order valence-corrected chi connectivity index (χ1v) is 27.0. The molecule has 2 saturated heterocycles. The van der Waals surface area contributed by atoms with E-state index >= 15 is 0 Å². The van der Waals surface area contributed by atoms with Crippen LogP contribution in [0, 0.1) is 34.5 Å². The van der Waals surface area contributed by atoms with Gasteiger partial charge in [0.05, 0.1) is 45.6 Å². The number of ether oxygens (including phenoxy) is 1. The maximum Gasteiger partial charge on any atom is 0.410 e. The number of nitrogens with one attached hydrogen (secondary N) is 1. The standard InChI is InChI=1S/C22H21N7O2S.C14H12N4O2S.C14H22N4O2.CH4/c23-11-15-7-16-12-26-21(27-19(16)29(20(15)30)22-8-14(9-22)10-22)32(31)18-2-1-17(13-25-18)28-5-3-24-4-6-28;1-21(20)13-16-7-10-2-9(6-15)12(19)18(11(10)17-13)14-3-8(4-14)5-14;1-14(2,3)20-13(19)18-8-6-17(7-9-18)11-4-5-12(15)16-10-11;/h1-2,7,12-14,24H,3-6,8-10H2;2,7-8H,3-5H2,1H3;4-5,10H,6-9H2,1-3H3,(H2,15,16);1H4. The maximum atomic E-state index is 13.2. The molecule has 0 spiro atoms. The third-order valence-electron chi connectivity index (χ3n) is 14.5. The van der Waals surface area contributed by atoms with E-state index in [1.165, 1.54) is 18.4 Å². The van der Waals surface area contributed by atoms with Gasteiger partial charge in [0.25, 0.3) is 11.1 Å². The number of aromatic nitrogens is 8. The second-order valence-corrected chi connectivity index (χ2v) is 23.2. The largest absolute Gasteiger partial charge is 0.444 e. The monoisotopic (exact) mass is 1040 g/mol. The van der Waals surface area contributed by atoms with Crippen molar-refractivity contribution in [3.63, 3.8) is 0 Å². The highest BCUT2D eigenvalue weighted by Crippen LogP contribution is 2.63. The van der Waals surface area contributed by atoms with Crippen LogP contribution in [0.5, 0.6) is 0 Å². The fourth-order valence-corrected chi connectivity index (χ4v) is 11.8. The molecule has 2 unspecified atom stereocenters. The fourth-order valence-electron chi connectivity index (χ4n) is 10.6. The van der Waals surface area contributed by atoms with Crippen molar-refractivity contribution in [3.8, 4) is 12.1 Å². The van der Waals surface area contributed by atoms with Crippen LogP contribution in [0.2, 0.25) is 0 Å². The lowest BCUT2D eigenvalue weighted by Gasteiger charge is -2.62. The van der Waals surface area contributed by atoms with Crippen molar-refractivity contribution in [1.82, 2.24) is 49.3 Å². The van der Waals surface area contributed by atoms with Crippen LogP contribution in [-0.2, 0) is 37.4 Å². The van der Waals surface area contributed by atoms with Gasteiger partial charge in [-0.3, -0.25) is 22.9 Å². The summed E-state index contributed by atoms with van der Waals surface area (Å²) in [5, 5.41) is 23.8. The third-order valence-corrected chi connectivity index (χ3v) is 16.4. The number of nitrogens with two attached hydrogens (primary N) is 1. The molecule has 6 aliphatic carbocycles. The summed E-state index contributed by atoms with van der Waals surface area (Å²) in [6, 6.07) is 14.4. The highest BCUT2D eigenvalue weighted by molar-refractivity contribution is 7.84. The van der Waals surface area contributed by atoms with Crippen LogP contribution in [0.25, 0.3) is 22.1 Å². The van der Waals surface area contributed by atoms with Crippen molar-refractivity contribution in [2.24, 2.45) is 11.8 Å². The Morgan fingerprint density at radius 3 is 1.64 bits per heavy atom. The zero-order valence-corrected chi connectivity index (χ0v) is 42.6. The molecule has 8 aliphatic rings. The lowest BCUT2D eigenvalue weighted by molar-refractivity contribution is -0.0885. The fraction of sp³-hybridized carbons (Fsp3) is 0.471. The average Bonchev–Trinajstić information content (AvgIpc) is 3.33. The number of anilines is 3. The molecular weight excluding hydrogens is 983 g/mol. The Kier molecular flexibility index (Phi) is 14.1. The van der Waals surface area contributed by atoms with Gasteiger partial charge in [0.1, 0.15) is 61.8 Å². The normalized spacial score (nSPS) is 23.0. The number of nitrogen functional groups attached to an aromatic ring is 1. The van der Waals surface area contributed by atoms with E-state index in [-0.39, 0.29) is 57.2 Å². The molecule has 8 fully saturated rings. The predicted molar refractivity (Wildman–Crippen MR) is 279 cm³/mol. The summed E-state index contributed by atoms with van der Waals surface area (Å²) in [4.78, 5) is 69.4. The molecule has 14 rings (SSSR count). The number of nitrogens with zero attached hydrogens (tertiary/aromatic N) is 13. The summed E-state index contributed by atoms with van der Waals surface area (Å²) < 4.78 is 33.5. The Labute approximate surface area is 432 Å². The number of carbonyl (C=O) groups excluding carboxylic acids is 1. The number of piperazine rings is 2. The number of carbonyl (C=O) groups is 1. The third kappa shape index (κ3) is 9.83. The first kappa shape index (κ1) is 51.7. The van der Waals surface area contributed by atoms with Crippen LogP contribution in [0.4, 0.5) is 22.0 Å². The second-order valence-electron chi connectivity index (χ2n) is 20.6. The van der Waals surface area contributed by atoms with Gasteiger partial charge in [-0.1, -0.05) is 7.43 Å². The summed E-state index contributed by atoms with van der Waals surface area (Å²) in [7, 11) is -2.99. The van der Waals surface area contributed by atoms with E-state index in [2.05, 4.69) is 45.0 Å². The van der Waals surface area contributed by atoms with E-state index in [0.29, 0.717) is 57.8 Å². The van der Waals surface area contributed by atoms with Gasteiger partial charge in [-0.25, -0.2) is 38.9 Å². The first-order valence-electron chi connectivity index (χ1n) is 24.3. The minimum atomic E-state index is -1.68. The lowest BCUT2D eigenvalue weighted by atomic mass is 9.49. The van der Waals surface area contributed by atoms with Gasteiger partial charge in [-0.15, -0.1) is 0 Å². The SMILES string of the molecule is C.CC(C)(C)OC(=O)N1CCN(c2ccc(N)nc2)CC1.CS(=O)c1ncc2cc(C#N)c(=O)n(C34CC(C3)C4)c2n1.N#Cc1cc2cnc(S(=O)c3ccc(N4CCNCC4)cn3)nc2n(C23CC(C2)C3)c1=O. The molecule has 3 N–H and O–H groups in total. The molecule has 2 aliphatic heterocycles. The van der Waals surface area contributed by atoms with Crippen LogP contribution in [0.15, 0.2) is 86.1 Å². The molecule has 21 nitrogen and oxygen atoms in total. The van der Waals surface area contributed by atoms with Crippen molar-refractivity contribution in [1.29, 1.82) is 10.5 Å². The number of hydrogen-bond donors (Lipinski definition) is 2. The van der Waals surface area contributed by atoms with Gasteiger partial charge < -0.3 is 30.5 Å². The first-order chi connectivity index (χ1) is 35.0. The molecule has 74 heavy (non-hydrogen) atoms. The van der Waals surface area contributed by atoms with E-state index in [0.717, 1.165) is 89.2 Å². The van der Waals surface area contributed by atoms with Gasteiger partial charge in [0.2, 0.25) is 10.3 Å². The lowest BCUT2D eigenvalue weighted by Crippen LogP contribution is -2.62. The number of amides is 1. The molecule has 386 valence electrons. The predicted octanol–water partition coefficient (Wildman–Crippen LogP) is 4.41. The summed E-state index contributed by atoms with van der Waals surface area (Å²) in [5.74, 6) is 1.86. The van der Waals surface area contributed by atoms with Gasteiger partial charge in [0, 0.05) is 81.8 Å². The van der Waals surface area contributed by atoms with Crippen LogP contribution in [-0.4, -0.2) is 123 Å². The molecule has 0 aromatic carbocycles. The van der Waals surface area contributed by atoms with E-state index in [9.17, 15) is 28.1 Å². The zero-order valence-electron chi connectivity index (χ0n) is 41.0. The molecule has 6 aromatic rings. The number of pyridine rings is 4. The van der Waals surface area contributed by atoms with Crippen molar-refractivity contribution in [2.75, 3.05) is 74.1 Å². The molecule has 8 heterocycles. The summed E-state index contributed by atoms with van der Waals surface area (Å²) in [6.45, 7) is 12.1. The molecule has 1 amide bonds. The molecular formula is C51H59N15O6S2. The Hall–Kier alpha value is -7.21. The van der Waals surface area contributed by atoms with Crippen LogP contribution in [0.1, 0.15) is 77.8 Å². The van der Waals surface area contributed by atoms with Crippen molar-refractivity contribution >= 4 is 67.0 Å². The topological polar surface area (TPSA) is 277 Å². The Morgan fingerprint density at radius 2 is 1.20 bits per heavy atom. The molecule has 6 saturated carbocycles. The van der Waals surface area contributed by atoms with Crippen LogP contribution in [0.3, 0.4) is 0 Å². The van der Waals surface area contributed by atoms with Crippen LogP contribution < -0.4 is 32.0 Å². The van der Waals surface area contributed by atoms with Crippen molar-refractivity contribution in [2.45, 2.75) is 98.7 Å². The van der Waals surface area contributed by atoms with Crippen molar-refractivity contribution in [3.05, 3.63) is 93.0 Å². The maximum absolute atomic E-state index is 13.2. The summed E-state index contributed by atoms with van der Waals surface area (Å²) in [6.07, 6.45) is 13.5. The van der Waals surface area contributed by atoms with E-state index in [4.69, 9.17) is 15.7 Å². The number of rotatable bonds is 7. The second kappa shape index (κ2) is 20.2. The van der Waals surface area contributed by atoms with Gasteiger partial charge in [-0.2, -0.15) is 10.5 Å². The van der Waals surface area contributed by atoms with E-state index in [1.807, 2.05) is 45.0 Å². The Bertz CT molecular complexity index is 3370. The minimum Gasteiger partial charge on any atom is -0.444 e. The molecule has 0 radical (unpaired) electrons. The van der Waals surface area contributed by atoms with Gasteiger partial charge in [-0.05, 0) is 108 Å². The Balaban J connectivity index is 0.000000141. The smallest absolute Gasteiger partial charge is 0.410 e. The highest BCUT2D eigenvalue weighted by atomic mass is 32.2. The van der Waals surface area contributed by atoms with E-state index in [1.54, 1.807) is 51.0 Å². The molecule has 2 atom stereocenters. The molecule has 6 aromatic heterocycles. The number of hydrogen-bond acceptors (Lipinski definition) is 18. The molecule has 23 heteroatoms. The van der Waals surface area contributed by atoms with Gasteiger partial charge >= 0.3 is 6.09 Å². The Morgan fingerprint density at radius 1 is 0.716 bits per heavy atom.